The first-order valence-corrected chi connectivity index (χ1v) is 11.5. The molecule has 0 saturated carbocycles. The van der Waals surface area contributed by atoms with Crippen LogP contribution in [0.5, 0.6) is 5.75 Å². The average Bonchev–Trinajstić information content (AvgIpc) is 3.13. The lowest BCUT2D eigenvalue weighted by Gasteiger charge is -2.30. The van der Waals surface area contributed by atoms with E-state index in [0.29, 0.717) is 29.3 Å². The molecular formula is C25H31N3O2S. The smallest absolute Gasteiger partial charge is 0.267 e. The normalized spacial score (nSPS) is 11.4. The third-order valence-corrected chi connectivity index (χ3v) is 6.27. The average molecular weight is 438 g/mol. The summed E-state index contributed by atoms with van der Waals surface area (Å²) in [7, 11) is 0. The third kappa shape index (κ3) is 6.15. The minimum absolute atomic E-state index is 0.153. The van der Waals surface area contributed by atoms with E-state index in [4.69, 9.17) is 4.74 Å². The predicted octanol–water partition coefficient (Wildman–Crippen LogP) is 5.87. The summed E-state index contributed by atoms with van der Waals surface area (Å²) in [5, 5.41) is 3.83. The Labute approximate surface area is 189 Å². The standard InChI is InChI=1S/C25H31N3O2S/c1-17(2)28(18(3)4)14-15-30-22-13-9-12-21(16-22)27-24(29)23-19(5)26-25(31-23)20-10-7-6-8-11-20/h6-13,16-18H,14-15H2,1-5H3,(H,27,29). The van der Waals surface area contributed by atoms with Crippen molar-refractivity contribution in [2.24, 2.45) is 0 Å². The molecular weight excluding hydrogens is 406 g/mol. The maximum atomic E-state index is 12.9. The molecule has 1 amide bonds. The summed E-state index contributed by atoms with van der Waals surface area (Å²) >= 11 is 1.41. The number of anilines is 1. The molecule has 0 atom stereocenters. The highest BCUT2D eigenvalue weighted by atomic mass is 32.1. The fraction of sp³-hybridized carbons (Fsp3) is 0.360. The largest absolute Gasteiger partial charge is 0.492 e. The van der Waals surface area contributed by atoms with Gasteiger partial charge in [-0.3, -0.25) is 9.69 Å². The maximum Gasteiger partial charge on any atom is 0.267 e. The highest BCUT2D eigenvalue weighted by Crippen LogP contribution is 2.28. The van der Waals surface area contributed by atoms with Gasteiger partial charge in [0.05, 0.1) is 5.69 Å². The fourth-order valence-corrected chi connectivity index (χ4v) is 4.51. The molecule has 164 valence electrons. The molecule has 1 heterocycles. The van der Waals surface area contributed by atoms with E-state index in [0.717, 1.165) is 28.6 Å². The van der Waals surface area contributed by atoms with E-state index in [1.54, 1.807) is 0 Å². The van der Waals surface area contributed by atoms with Crippen LogP contribution < -0.4 is 10.1 Å². The summed E-state index contributed by atoms with van der Waals surface area (Å²) in [6, 6.07) is 18.4. The first-order valence-electron chi connectivity index (χ1n) is 10.7. The van der Waals surface area contributed by atoms with Crippen LogP contribution in [0.25, 0.3) is 10.6 Å². The van der Waals surface area contributed by atoms with E-state index in [1.165, 1.54) is 11.3 Å². The van der Waals surface area contributed by atoms with Crippen molar-refractivity contribution in [1.29, 1.82) is 0 Å². The van der Waals surface area contributed by atoms with Crippen molar-refractivity contribution in [3.05, 3.63) is 65.2 Å². The Hall–Kier alpha value is -2.70. The quantitative estimate of drug-likeness (QED) is 0.455. The number of carbonyl (C=O) groups excluding carboxylic acids is 1. The third-order valence-electron chi connectivity index (χ3n) is 5.06. The number of aromatic nitrogens is 1. The second kappa shape index (κ2) is 10.6. The Bertz CT molecular complexity index is 991. The molecule has 0 saturated heterocycles. The van der Waals surface area contributed by atoms with Gasteiger partial charge in [-0.2, -0.15) is 0 Å². The van der Waals surface area contributed by atoms with Crippen molar-refractivity contribution >= 4 is 22.9 Å². The fourth-order valence-electron chi connectivity index (χ4n) is 3.54. The molecule has 6 heteroatoms. The van der Waals surface area contributed by atoms with Crippen LogP contribution in [-0.2, 0) is 0 Å². The van der Waals surface area contributed by atoms with E-state index in [2.05, 4.69) is 42.9 Å². The van der Waals surface area contributed by atoms with E-state index in [-0.39, 0.29) is 5.91 Å². The number of aryl methyl sites for hydroxylation is 1. The zero-order valence-electron chi connectivity index (χ0n) is 18.9. The minimum Gasteiger partial charge on any atom is -0.492 e. The van der Waals surface area contributed by atoms with Crippen LogP contribution in [0.3, 0.4) is 0 Å². The zero-order valence-corrected chi connectivity index (χ0v) is 19.7. The van der Waals surface area contributed by atoms with Gasteiger partial charge in [-0.15, -0.1) is 11.3 Å². The minimum atomic E-state index is -0.153. The molecule has 0 spiro atoms. The highest BCUT2D eigenvalue weighted by molar-refractivity contribution is 7.17. The van der Waals surface area contributed by atoms with Crippen LogP contribution in [-0.4, -0.2) is 41.0 Å². The molecule has 0 fully saturated rings. The molecule has 1 N–H and O–H groups in total. The van der Waals surface area contributed by atoms with Gasteiger partial charge >= 0.3 is 0 Å². The van der Waals surface area contributed by atoms with Gasteiger partial charge in [-0.05, 0) is 46.8 Å². The molecule has 2 aromatic carbocycles. The summed E-state index contributed by atoms with van der Waals surface area (Å²) in [5.74, 6) is 0.594. The van der Waals surface area contributed by atoms with Crippen LogP contribution >= 0.6 is 11.3 Å². The lowest BCUT2D eigenvalue weighted by molar-refractivity contribution is 0.102. The molecule has 0 aliphatic heterocycles. The molecule has 0 radical (unpaired) electrons. The first kappa shape index (κ1) is 23.0. The molecule has 1 aromatic heterocycles. The molecule has 3 aromatic rings. The van der Waals surface area contributed by atoms with Crippen LogP contribution in [0.2, 0.25) is 0 Å². The predicted molar refractivity (Wildman–Crippen MR) is 129 cm³/mol. The van der Waals surface area contributed by atoms with Crippen molar-refractivity contribution in [3.63, 3.8) is 0 Å². The van der Waals surface area contributed by atoms with Gasteiger partial charge in [0.2, 0.25) is 0 Å². The van der Waals surface area contributed by atoms with Gasteiger partial charge in [0.25, 0.3) is 5.91 Å². The number of thiazole rings is 1. The van der Waals surface area contributed by atoms with Gasteiger partial charge in [0, 0.05) is 35.9 Å². The summed E-state index contributed by atoms with van der Waals surface area (Å²) in [6.07, 6.45) is 0. The molecule has 0 unspecified atom stereocenters. The maximum absolute atomic E-state index is 12.9. The van der Waals surface area contributed by atoms with Crippen molar-refractivity contribution in [3.8, 4) is 16.3 Å². The van der Waals surface area contributed by atoms with Crippen LogP contribution in [0.4, 0.5) is 5.69 Å². The number of amides is 1. The molecule has 0 bridgehead atoms. The topological polar surface area (TPSA) is 54.5 Å². The zero-order chi connectivity index (χ0) is 22.4. The van der Waals surface area contributed by atoms with Gasteiger partial charge in [-0.1, -0.05) is 36.4 Å². The highest BCUT2D eigenvalue weighted by Gasteiger charge is 2.17. The number of rotatable bonds is 9. The number of ether oxygens (including phenoxy) is 1. The monoisotopic (exact) mass is 437 g/mol. The second-order valence-electron chi connectivity index (χ2n) is 8.06. The van der Waals surface area contributed by atoms with Crippen molar-refractivity contribution in [2.45, 2.75) is 46.7 Å². The molecule has 0 aliphatic rings. The summed E-state index contributed by atoms with van der Waals surface area (Å²) in [6.45, 7) is 12.1. The molecule has 3 rings (SSSR count). The summed E-state index contributed by atoms with van der Waals surface area (Å²) < 4.78 is 5.95. The van der Waals surface area contributed by atoms with Gasteiger partial charge in [-0.25, -0.2) is 4.98 Å². The Kier molecular flexibility index (Phi) is 7.82. The second-order valence-corrected chi connectivity index (χ2v) is 9.05. The Balaban J connectivity index is 1.63. The lowest BCUT2D eigenvalue weighted by Crippen LogP contribution is -2.39. The molecule has 5 nitrogen and oxygen atoms in total. The van der Waals surface area contributed by atoms with E-state index in [9.17, 15) is 4.79 Å². The van der Waals surface area contributed by atoms with E-state index in [1.807, 2.05) is 61.5 Å². The number of nitrogens with one attached hydrogen (secondary N) is 1. The Morgan fingerprint density at radius 1 is 1.06 bits per heavy atom. The first-order chi connectivity index (χ1) is 14.8. The Morgan fingerprint density at radius 2 is 1.77 bits per heavy atom. The molecule has 31 heavy (non-hydrogen) atoms. The molecule has 0 aliphatic carbocycles. The van der Waals surface area contributed by atoms with E-state index >= 15 is 0 Å². The number of hydrogen-bond donors (Lipinski definition) is 1. The van der Waals surface area contributed by atoms with Crippen molar-refractivity contribution in [1.82, 2.24) is 9.88 Å². The number of benzene rings is 2. The van der Waals surface area contributed by atoms with Gasteiger partial charge < -0.3 is 10.1 Å². The van der Waals surface area contributed by atoms with E-state index < -0.39 is 0 Å². The Morgan fingerprint density at radius 3 is 2.45 bits per heavy atom. The lowest BCUT2D eigenvalue weighted by atomic mass is 10.2. The van der Waals surface area contributed by atoms with Crippen LogP contribution in [0.15, 0.2) is 54.6 Å². The SMILES string of the molecule is Cc1nc(-c2ccccc2)sc1C(=O)Nc1cccc(OCCN(C(C)C)C(C)C)c1. The number of hydrogen-bond acceptors (Lipinski definition) is 5. The summed E-state index contributed by atoms with van der Waals surface area (Å²) in [5.41, 5.74) is 2.46. The van der Waals surface area contributed by atoms with Crippen LogP contribution in [0.1, 0.15) is 43.1 Å². The van der Waals surface area contributed by atoms with Crippen LogP contribution in [0, 0.1) is 6.92 Å². The van der Waals surface area contributed by atoms with Gasteiger partial charge in [0.1, 0.15) is 22.2 Å². The van der Waals surface area contributed by atoms with Gasteiger partial charge in [0.15, 0.2) is 0 Å². The summed E-state index contributed by atoms with van der Waals surface area (Å²) in [4.78, 5) is 20.4. The van der Waals surface area contributed by atoms with Crippen molar-refractivity contribution < 1.29 is 9.53 Å². The number of nitrogens with zero attached hydrogens (tertiary/aromatic N) is 2. The van der Waals surface area contributed by atoms with Crippen molar-refractivity contribution in [2.75, 3.05) is 18.5 Å². The number of carbonyl (C=O) groups is 1.